The molecule has 3 aromatic rings. The van der Waals surface area contributed by atoms with Gasteiger partial charge in [0.1, 0.15) is 11.6 Å². The molecule has 19 heavy (non-hydrogen) atoms. The molecule has 0 spiro atoms. The van der Waals surface area contributed by atoms with Gasteiger partial charge >= 0.3 is 0 Å². The van der Waals surface area contributed by atoms with Gasteiger partial charge in [-0.1, -0.05) is 17.9 Å². The van der Waals surface area contributed by atoms with Gasteiger partial charge in [0, 0.05) is 10.9 Å². The molecule has 3 rings (SSSR count). The van der Waals surface area contributed by atoms with Gasteiger partial charge in [-0.2, -0.15) is 5.10 Å². The maximum absolute atomic E-state index is 13.4. The van der Waals surface area contributed by atoms with Crippen LogP contribution in [-0.4, -0.2) is 10.2 Å². The van der Waals surface area contributed by atoms with E-state index >= 15 is 0 Å². The van der Waals surface area contributed by atoms with E-state index in [9.17, 15) is 8.78 Å². The van der Waals surface area contributed by atoms with E-state index in [1.807, 2.05) is 12.1 Å². The molecule has 1 aromatic heterocycles. The molecular formula is C15H8F2N2. The highest BCUT2D eigenvalue weighted by Gasteiger charge is 2.04. The fraction of sp³-hybridized carbons (Fsp3) is 0. The lowest BCUT2D eigenvalue weighted by Crippen LogP contribution is -1.88. The van der Waals surface area contributed by atoms with E-state index in [2.05, 4.69) is 22.0 Å². The van der Waals surface area contributed by atoms with E-state index in [0.29, 0.717) is 5.56 Å². The second kappa shape index (κ2) is 4.54. The highest BCUT2D eigenvalue weighted by molar-refractivity contribution is 5.79. The van der Waals surface area contributed by atoms with Crippen LogP contribution in [0, 0.1) is 23.5 Å². The van der Waals surface area contributed by atoms with E-state index in [4.69, 9.17) is 0 Å². The minimum atomic E-state index is -0.656. The van der Waals surface area contributed by atoms with Gasteiger partial charge in [0.25, 0.3) is 0 Å². The number of benzene rings is 2. The molecule has 1 N–H and O–H groups in total. The number of rotatable bonds is 0. The molecular weight excluding hydrogens is 246 g/mol. The number of nitrogens with zero attached hydrogens (tertiary/aromatic N) is 1. The van der Waals surface area contributed by atoms with E-state index in [1.165, 1.54) is 18.2 Å². The average Bonchev–Trinajstić information content (AvgIpc) is 2.85. The molecule has 92 valence electrons. The van der Waals surface area contributed by atoms with Gasteiger partial charge in [-0.3, -0.25) is 5.10 Å². The number of fused-ring (bicyclic) bond motifs is 1. The Balaban J connectivity index is 2.03. The van der Waals surface area contributed by atoms with E-state index in [1.54, 1.807) is 12.3 Å². The summed E-state index contributed by atoms with van der Waals surface area (Å²) in [4.78, 5) is 0. The van der Waals surface area contributed by atoms with Crippen LogP contribution in [0.1, 0.15) is 11.1 Å². The Kier molecular flexibility index (Phi) is 2.73. The fourth-order valence-electron chi connectivity index (χ4n) is 1.77. The third-order valence-corrected chi connectivity index (χ3v) is 2.73. The first-order valence-corrected chi connectivity index (χ1v) is 5.63. The van der Waals surface area contributed by atoms with Crippen molar-refractivity contribution in [2.75, 3.05) is 0 Å². The lowest BCUT2D eigenvalue weighted by Gasteiger charge is -1.95. The standard InChI is InChI=1S/C15H8F2N2/c16-13-2-1-3-14(17)12(13)6-4-10-5-7-15-11(8-10)9-18-19-15/h1-3,5,7-9H,(H,18,19). The SMILES string of the molecule is Fc1cccc(F)c1C#Cc1ccc2[nH]ncc2c1. The molecule has 0 saturated heterocycles. The Morgan fingerprint density at radius 2 is 1.79 bits per heavy atom. The van der Waals surface area contributed by atoms with Crippen LogP contribution >= 0.6 is 0 Å². The van der Waals surface area contributed by atoms with E-state index < -0.39 is 11.6 Å². The van der Waals surface area contributed by atoms with Crippen LogP contribution in [0.2, 0.25) is 0 Å². The van der Waals surface area contributed by atoms with E-state index in [0.717, 1.165) is 10.9 Å². The number of nitrogens with one attached hydrogen (secondary N) is 1. The molecule has 0 bridgehead atoms. The maximum atomic E-state index is 13.4. The first kappa shape index (κ1) is 11.4. The van der Waals surface area contributed by atoms with Gasteiger partial charge in [0.15, 0.2) is 0 Å². The van der Waals surface area contributed by atoms with Crippen LogP contribution in [0.15, 0.2) is 42.6 Å². The van der Waals surface area contributed by atoms with Crippen molar-refractivity contribution in [2.45, 2.75) is 0 Å². The van der Waals surface area contributed by atoms with Crippen LogP contribution in [0.3, 0.4) is 0 Å². The lowest BCUT2D eigenvalue weighted by atomic mass is 10.1. The molecule has 2 nitrogen and oxygen atoms in total. The molecule has 0 saturated carbocycles. The van der Waals surface area contributed by atoms with Crippen molar-refractivity contribution in [3.05, 3.63) is 65.4 Å². The quantitative estimate of drug-likeness (QED) is 0.613. The number of aromatic amines is 1. The molecule has 0 unspecified atom stereocenters. The summed E-state index contributed by atoms with van der Waals surface area (Å²) < 4.78 is 26.8. The Bertz CT molecular complexity index is 789. The smallest absolute Gasteiger partial charge is 0.141 e. The monoisotopic (exact) mass is 254 g/mol. The summed E-state index contributed by atoms with van der Waals surface area (Å²) in [7, 11) is 0. The molecule has 1 heterocycles. The van der Waals surface area contributed by atoms with E-state index in [-0.39, 0.29) is 5.56 Å². The van der Waals surface area contributed by atoms with Crippen molar-refractivity contribution >= 4 is 10.9 Å². The number of halogens is 2. The van der Waals surface area contributed by atoms with Crippen LogP contribution in [0.25, 0.3) is 10.9 Å². The van der Waals surface area contributed by atoms with Crippen molar-refractivity contribution < 1.29 is 8.78 Å². The van der Waals surface area contributed by atoms with Gasteiger partial charge < -0.3 is 0 Å². The van der Waals surface area contributed by atoms with Crippen molar-refractivity contribution in [3.63, 3.8) is 0 Å². The second-order valence-electron chi connectivity index (χ2n) is 4.02. The number of hydrogen-bond acceptors (Lipinski definition) is 1. The average molecular weight is 254 g/mol. The highest BCUT2D eigenvalue weighted by atomic mass is 19.1. The maximum Gasteiger partial charge on any atom is 0.141 e. The third-order valence-electron chi connectivity index (χ3n) is 2.73. The summed E-state index contributed by atoms with van der Waals surface area (Å²) in [6, 6.07) is 9.09. The third kappa shape index (κ3) is 2.18. The topological polar surface area (TPSA) is 28.7 Å². The van der Waals surface area contributed by atoms with Gasteiger partial charge in [-0.25, -0.2) is 8.78 Å². The largest absolute Gasteiger partial charge is 0.278 e. The number of hydrogen-bond donors (Lipinski definition) is 1. The normalized spacial score (nSPS) is 10.2. The first-order valence-electron chi connectivity index (χ1n) is 5.63. The molecule has 0 aliphatic carbocycles. The molecule has 4 heteroatoms. The molecule has 0 amide bonds. The molecule has 0 aliphatic heterocycles. The Morgan fingerprint density at radius 3 is 2.58 bits per heavy atom. The predicted molar refractivity (Wildman–Crippen MR) is 68.4 cm³/mol. The van der Waals surface area contributed by atoms with Crippen LogP contribution in [0.5, 0.6) is 0 Å². The van der Waals surface area contributed by atoms with Gasteiger partial charge in [-0.15, -0.1) is 0 Å². The van der Waals surface area contributed by atoms with Crippen LogP contribution in [-0.2, 0) is 0 Å². The van der Waals surface area contributed by atoms with Crippen molar-refractivity contribution in [3.8, 4) is 11.8 Å². The molecule has 0 aliphatic rings. The van der Waals surface area contributed by atoms with Crippen molar-refractivity contribution in [1.29, 1.82) is 0 Å². The molecule has 2 aromatic carbocycles. The summed E-state index contributed by atoms with van der Waals surface area (Å²) in [6.45, 7) is 0. The zero-order valence-electron chi connectivity index (χ0n) is 9.74. The van der Waals surface area contributed by atoms with Crippen LogP contribution in [0.4, 0.5) is 8.78 Å². The fourth-order valence-corrected chi connectivity index (χ4v) is 1.77. The Hall–Kier alpha value is -2.67. The van der Waals surface area contributed by atoms with Crippen LogP contribution < -0.4 is 0 Å². The van der Waals surface area contributed by atoms with Gasteiger partial charge in [-0.05, 0) is 30.3 Å². The van der Waals surface area contributed by atoms with Crippen molar-refractivity contribution in [2.24, 2.45) is 0 Å². The molecule has 0 atom stereocenters. The molecule has 0 radical (unpaired) electrons. The first-order chi connectivity index (χ1) is 9.24. The Labute approximate surface area is 108 Å². The summed E-state index contributed by atoms with van der Waals surface area (Å²) in [5.74, 6) is 3.97. The lowest BCUT2D eigenvalue weighted by molar-refractivity contribution is 0.577. The zero-order valence-corrected chi connectivity index (χ0v) is 9.74. The highest BCUT2D eigenvalue weighted by Crippen LogP contribution is 2.13. The summed E-state index contributed by atoms with van der Waals surface area (Å²) in [6.07, 6.45) is 1.67. The van der Waals surface area contributed by atoms with Gasteiger partial charge in [0.05, 0.1) is 17.3 Å². The van der Waals surface area contributed by atoms with Crippen molar-refractivity contribution in [1.82, 2.24) is 10.2 Å². The minimum Gasteiger partial charge on any atom is -0.278 e. The summed E-state index contributed by atoms with van der Waals surface area (Å²) >= 11 is 0. The van der Waals surface area contributed by atoms with Gasteiger partial charge in [0.2, 0.25) is 0 Å². The molecule has 0 fully saturated rings. The predicted octanol–water partition coefficient (Wildman–Crippen LogP) is 3.24. The summed E-state index contributed by atoms with van der Waals surface area (Å²) in [5, 5.41) is 7.62. The summed E-state index contributed by atoms with van der Waals surface area (Å²) in [5.41, 5.74) is 1.36. The second-order valence-corrected chi connectivity index (χ2v) is 4.02. The minimum absolute atomic E-state index is 0.213. The zero-order chi connectivity index (χ0) is 13.2. The Morgan fingerprint density at radius 1 is 1.00 bits per heavy atom. The number of aromatic nitrogens is 2. The number of H-pyrrole nitrogens is 1.